The van der Waals surface area contributed by atoms with Crippen LogP contribution in [0.1, 0.15) is 5.56 Å². The topological polar surface area (TPSA) is 104 Å². The van der Waals surface area contributed by atoms with Crippen LogP contribution >= 0.6 is 15.9 Å². The Morgan fingerprint density at radius 1 is 0.923 bits per heavy atom. The SMILES string of the molecule is Cn1c(O)c(C=Nc2cc3c(cc2Br)n(C)c(=O)n3C)c(=O)n(C)c1=O. The Morgan fingerprint density at radius 3 is 2.08 bits per heavy atom. The van der Waals surface area contributed by atoms with E-state index < -0.39 is 17.1 Å². The Hall–Kier alpha value is -2.88. The molecule has 0 saturated carbocycles. The molecule has 0 aliphatic carbocycles. The number of halogens is 1. The van der Waals surface area contributed by atoms with E-state index in [1.165, 1.54) is 29.4 Å². The normalized spacial score (nSPS) is 11.7. The molecule has 3 aromatic rings. The summed E-state index contributed by atoms with van der Waals surface area (Å²) in [6.07, 6.45) is 1.20. The highest BCUT2D eigenvalue weighted by Crippen LogP contribution is 2.30. The molecule has 0 aliphatic rings. The lowest BCUT2D eigenvalue weighted by Gasteiger charge is -2.07. The van der Waals surface area contributed by atoms with E-state index in [0.29, 0.717) is 15.7 Å². The summed E-state index contributed by atoms with van der Waals surface area (Å²) in [5.41, 5.74) is 0.301. The zero-order chi connectivity index (χ0) is 19.3. The quantitative estimate of drug-likeness (QED) is 0.608. The molecular weight excluding hydrogens is 406 g/mol. The van der Waals surface area contributed by atoms with Crippen molar-refractivity contribution in [3.8, 4) is 5.88 Å². The van der Waals surface area contributed by atoms with Crippen molar-refractivity contribution in [2.45, 2.75) is 0 Å². The van der Waals surface area contributed by atoms with Crippen LogP contribution in [0.15, 0.2) is 36.0 Å². The molecule has 1 N–H and O–H groups in total. The van der Waals surface area contributed by atoms with Crippen molar-refractivity contribution in [1.82, 2.24) is 18.3 Å². The summed E-state index contributed by atoms with van der Waals surface area (Å²) >= 11 is 3.40. The summed E-state index contributed by atoms with van der Waals surface area (Å²) in [7, 11) is 6.01. The van der Waals surface area contributed by atoms with Crippen LogP contribution in [-0.4, -0.2) is 29.6 Å². The molecule has 2 heterocycles. The molecule has 26 heavy (non-hydrogen) atoms. The highest BCUT2D eigenvalue weighted by Gasteiger charge is 2.14. The summed E-state index contributed by atoms with van der Waals surface area (Å²) in [6, 6.07) is 3.45. The molecule has 0 spiro atoms. The Kier molecular flexibility index (Phi) is 4.23. The van der Waals surface area contributed by atoms with Gasteiger partial charge in [-0.05, 0) is 28.1 Å². The van der Waals surface area contributed by atoms with Crippen LogP contribution in [0.5, 0.6) is 5.88 Å². The first-order valence-electron chi connectivity index (χ1n) is 7.53. The number of benzene rings is 1. The highest BCUT2D eigenvalue weighted by molar-refractivity contribution is 9.10. The molecule has 136 valence electrons. The second kappa shape index (κ2) is 6.13. The minimum Gasteiger partial charge on any atom is -0.494 e. The van der Waals surface area contributed by atoms with E-state index in [4.69, 9.17) is 0 Å². The van der Waals surface area contributed by atoms with E-state index in [-0.39, 0.29) is 11.3 Å². The number of nitrogens with zero attached hydrogens (tertiary/aromatic N) is 5. The van der Waals surface area contributed by atoms with Gasteiger partial charge in [0.05, 0.1) is 16.7 Å². The van der Waals surface area contributed by atoms with Crippen molar-refractivity contribution in [1.29, 1.82) is 0 Å². The zero-order valence-corrected chi connectivity index (χ0v) is 16.1. The maximum atomic E-state index is 12.2. The fourth-order valence-electron chi connectivity index (χ4n) is 2.71. The number of aromatic hydroxyl groups is 1. The predicted octanol–water partition coefficient (Wildman–Crippen LogP) is 0.493. The molecule has 0 atom stereocenters. The van der Waals surface area contributed by atoms with Gasteiger partial charge in [-0.15, -0.1) is 0 Å². The summed E-state index contributed by atoms with van der Waals surface area (Å²) in [5.74, 6) is -0.467. The molecule has 0 saturated heterocycles. The Bertz CT molecular complexity index is 1260. The van der Waals surface area contributed by atoms with Gasteiger partial charge in [0.2, 0.25) is 5.88 Å². The van der Waals surface area contributed by atoms with Gasteiger partial charge < -0.3 is 5.11 Å². The molecular formula is C16H16BrN5O4. The lowest BCUT2D eigenvalue weighted by molar-refractivity contribution is 0.410. The monoisotopic (exact) mass is 421 g/mol. The zero-order valence-electron chi connectivity index (χ0n) is 14.5. The molecule has 0 amide bonds. The van der Waals surface area contributed by atoms with E-state index in [0.717, 1.165) is 14.7 Å². The molecule has 3 rings (SSSR count). The number of aryl methyl sites for hydroxylation is 2. The highest BCUT2D eigenvalue weighted by atomic mass is 79.9. The van der Waals surface area contributed by atoms with Crippen molar-refractivity contribution in [2.24, 2.45) is 33.2 Å². The third kappa shape index (κ3) is 2.53. The van der Waals surface area contributed by atoms with E-state index >= 15 is 0 Å². The maximum absolute atomic E-state index is 12.2. The van der Waals surface area contributed by atoms with Gasteiger partial charge >= 0.3 is 11.4 Å². The van der Waals surface area contributed by atoms with E-state index in [9.17, 15) is 19.5 Å². The first-order chi connectivity index (χ1) is 12.1. The van der Waals surface area contributed by atoms with E-state index in [1.807, 2.05) is 0 Å². The molecule has 0 radical (unpaired) electrons. The third-order valence-corrected chi connectivity index (χ3v) is 4.98. The van der Waals surface area contributed by atoms with E-state index in [1.54, 1.807) is 26.2 Å². The van der Waals surface area contributed by atoms with Gasteiger partial charge in [0, 0.05) is 38.9 Å². The second-order valence-electron chi connectivity index (χ2n) is 5.89. The standard InChI is InChI=1S/C16H16BrN5O4/c1-19-11-5-9(17)10(6-12(11)20(2)15(19)25)18-7-8-13(23)21(3)16(26)22(4)14(8)24/h5-7,23H,1-4H3. The van der Waals surface area contributed by atoms with Crippen LogP contribution < -0.4 is 16.9 Å². The average molecular weight is 422 g/mol. The van der Waals surface area contributed by atoms with Gasteiger partial charge in [-0.2, -0.15) is 0 Å². The van der Waals surface area contributed by atoms with Crippen LogP contribution in [0.4, 0.5) is 5.69 Å². The number of aromatic nitrogens is 4. The van der Waals surface area contributed by atoms with Crippen LogP contribution in [0.3, 0.4) is 0 Å². The largest absolute Gasteiger partial charge is 0.494 e. The molecule has 2 aromatic heterocycles. The van der Waals surface area contributed by atoms with Gasteiger partial charge in [-0.25, -0.2) is 9.59 Å². The van der Waals surface area contributed by atoms with Crippen molar-refractivity contribution in [2.75, 3.05) is 0 Å². The van der Waals surface area contributed by atoms with E-state index in [2.05, 4.69) is 20.9 Å². The first-order valence-corrected chi connectivity index (χ1v) is 8.32. The van der Waals surface area contributed by atoms with Crippen molar-refractivity contribution in [3.63, 3.8) is 0 Å². The Labute approximate surface area is 155 Å². The van der Waals surface area contributed by atoms with Gasteiger partial charge in [0.25, 0.3) is 5.56 Å². The number of hydrogen-bond donors (Lipinski definition) is 1. The Morgan fingerprint density at radius 2 is 1.46 bits per heavy atom. The van der Waals surface area contributed by atoms with Gasteiger partial charge in [0.15, 0.2) is 0 Å². The summed E-state index contributed by atoms with van der Waals surface area (Å²) in [6.45, 7) is 0. The van der Waals surface area contributed by atoms with Gasteiger partial charge in [-0.3, -0.25) is 28.1 Å². The average Bonchev–Trinajstić information content (AvgIpc) is 2.82. The molecule has 0 bridgehead atoms. The first kappa shape index (κ1) is 17.9. The number of aliphatic imine (C=N–C) groups is 1. The minimum absolute atomic E-state index is 0.108. The summed E-state index contributed by atoms with van der Waals surface area (Å²) < 4.78 is 5.47. The molecule has 0 unspecified atom stereocenters. The smallest absolute Gasteiger partial charge is 0.333 e. The Balaban J connectivity index is 2.21. The molecule has 9 nitrogen and oxygen atoms in total. The van der Waals surface area contributed by atoms with Crippen molar-refractivity contribution >= 4 is 38.9 Å². The van der Waals surface area contributed by atoms with Crippen molar-refractivity contribution < 1.29 is 5.11 Å². The van der Waals surface area contributed by atoms with Crippen LogP contribution in [0, 0.1) is 0 Å². The summed E-state index contributed by atoms with van der Waals surface area (Å²) in [4.78, 5) is 40.3. The van der Waals surface area contributed by atoms with Crippen LogP contribution in [0.2, 0.25) is 0 Å². The predicted molar refractivity (Wildman–Crippen MR) is 102 cm³/mol. The lowest BCUT2D eigenvalue weighted by Crippen LogP contribution is -2.38. The van der Waals surface area contributed by atoms with Gasteiger partial charge in [0.1, 0.15) is 5.56 Å². The van der Waals surface area contributed by atoms with Crippen LogP contribution in [-0.2, 0) is 28.2 Å². The number of rotatable bonds is 2. The second-order valence-corrected chi connectivity index (χ2v) is 6.75. The number of imidazole rings is 1. The molecule has 10 heteroatoms. The number of fused-ring (bicyclic) bond motifs is 1. The lowest BCUT2D eigenvalue weighted by atomic mass is 10.2. The molecule has 1 aromatic carbocycles. The number of hydrogen-bond acceptors (Lipinski definition) is 5. The molecule has 0 aliphatic heterocycles. The van der Waals surface area contributed by atoms with Gasteiger partial charge in [-0.1, -0.05) is 0 Å². The minimum atomic E-state index is -0.654. The fourth-order valence-corrected chi connectivity index (χ4v) is 3.15. The third-order valence-electron chi connectivity index (χ3n) is 4.34. The van der Waals surface area contributed by atoms with Crippen LogP contribution in [0.25, 0.3) is 11.0 Å². The maximum Gasteiger partial charge on any atom is 0.333 e. The summed E-state index contributed by atoms with van der Waals surface area (Å²) in [5, 5.41) is 10.1. The fraction of sp³-hybridized carbons (Fsp3) is 0.250. The molecule has 0 fully saturated rings. The van der Waals surface area contributed by atoms with Crippen molar-refractivity contribution in [3.05, 3.63) is 53.5 Å².